The lowest BCUT2D eigenvalue weighted by molar-refractivity contribution is -0.122. The molecule has 0 bridgehead atoms. The van der Waals surface area contributed by atoms with Gasteiger partial charge < -0.3 is 4.74 Å². The van der Waals surface area contributed by atoms with Crippen LogP contribution in [0.25, 0.3) is 0 Å². The second kappa shape index (κ2) is 6.89. The van der Waals surface area contributed by atoms with E-state index in [2.05, 4.69) is 0 Å². The number of alkyl halides is 1. The first-order chi connectivity index (χ1) is 8.60. The Labute approximate surface area is 106 Å². The Kier molecular flexibility index (Phi) is 5.49. The van der Waals surface area contributed by atoms with Gasteiger partial charge in [0.2, 0.25) is 12.0 Å². The van der Waals surface area contributed by atoms with Gasteiger partial charge in [-0.2, -0.15) is 0 Å². The van der Waals surface area contributed by atoms with Crippen LogP contribution < -0.4 is 4.74 Å². The van der Waals surface area contributed by atoms with Crippen LogP contribution in [0.3, 0.4) is 0 Å². The number of hydrogen-bond donors (Lipinski definition) is 0. The minimum Gasteiger partial charge on any atom is -0.497 e. The summed E-state index contributed by atoms with van der Waals surface area (Å²) in [6.45, 7) is 1.91. The molecule has 0 N–H and O–H groups in total. The van der Waals surface area contributed by atoms with Crippen molar-refractivity contribution in [1.29, 1.82) is 0 Å². The molecule has 18 heavy (non-hydrogen) atoms. The van der Waals surface area contributed by atoms with E-state index in [0.29, 0.717) is 12.2 Å². The molecule has 1 rings (SSSR count). The summed E-state index contributed by atoms with van der Waals surface area (Å²) in [5.74, 6) is -0.837. The molecule has 0 fully saturated rings. The Hall–Kier alpha value is -1.71. The second-order valence-electron chi connectivity index (χ2n) is 4.03. The Bertz CT molecular complexity index is 412. The normalized spacial score (nSPS) is 11.9. The molecule has 1 unspecified atom stereocenters. The predicted octanol–water partition coefficient (Wildman–Crippen LogP) is 2.98. The number of ketones is 2. The molecule has 0 heterocycles. The topological polar surface area (TPSA) is 43.4 Å². The fourth-order valence-electron chi connectivity index (χ4n) is 1.53. The van der Waals surface area contributed by atoms with Crippen molar-refractivity contribution >= 4 is 11.6 Å². The summed E-state index contributed by atoms with van der Waals surface area (Å²) in [4.78, 5) is 23.1. The third-order valence-electron chi connectivity index (χ3n) is 2.66. The first-order valence-electron chi connectivity index (χ1n) is 5.95. The van der Waals surface area contributed by atoms with Gasteiger partial charge in [0.25, 0.3) is 0 Å². The van der Waals surface area contributed by atoms with Crippen LogP contribution in [0.5, 0.6) is 5.75 Å². The van der Waals surface area contributed by atoms with Crippen LogP contribution in [0.4, 0.5) is 4.39 Å². The van der Waals surface area contributed by atoms with Gasteiger partial charge in [0.1, 0.15) is 5.75 Å². The van der Waals surface area contributed by atoms with Gasteiger partial charge in [-0.3, -0.25) is 9.59 Å². The van der Waals surface area contributed by atoms with Gasteiger partial charge in [-0.15, -0.1) is 0 Å². The fraction of sp³-hybridized carbons (Fsp3) is 0.429. The van der Waals surface area contributed by atoms with Crippen molar-refractivity contribution in [3.63, 3.8) is 0 Å². The summed E-state index contributed by atoms with van der Waals surface area (Å²) in [6.07, 6.45) is -0.533. The van der Waals surface area contributed by atoms with Crippen LogP contribution in [-0.2, 0) is 4.79 Å². The standard InChI is InChI=1S/C14H17FO3/c1-3-4-5-12(16)13(15)14(17)10-6-8-11(18-2)9-7-10/h6-9,13H,3-5H2,1-2H3. The zero-order valence-electron chi connectivity index (χ0n) is 10.6. The number of carbonyl (C=O) groups is 2. The lowest BCUT2D eigenvalue weighted by atomic mass is 10.0. The maximum atomic E-state index is 13.7. The Morgan fingerprint density at radius 1 is 1.28 bits per heavy atom. The molecular formula is C14H17FO3. The molecule has 3 nitrogen and oxygen atoms in total. The van der Waals surface area contributed by atoms with Crippen molar-refractivity contribution in [2.45, 2.75) is 32.4 Å². The largest absolute Gasteiger partial charge is 0.497 e. The minimum absolute atomic E-state index is 0.111. The molecule has 0 spiro atoms. The third kappa shape index (κ3) is 3.65. The zero-order valence-corrected chi connectivity index (χ0v) is 10.6. The fourth-order valence-corrected chi connectivity index (χ4v) is 1.53. The number of Topliss-reactive ketones (excluding diaryl/α,β-unsaturated/α-hetero) is 2. The average molecular weight is 252 g/mol. The van der Waals surface area contributed by atoms with E-state index in [1.165, 1.54) is 19.2 Å². The highest BCUT2D eigenvalue weighted by atomic mass is 19.1. The van der Waals surface area contributed by atoms with E-state index in [4.69, 9.17) is 4.74 Å². The molecule has 0 aliphatic carbocycles. The van der Waals surface area contributed by atoms with Gasteiger partial charge in [-0.25, -0.2) is 4.39 Å². The lowest BCUT2D eigenvalue weighted by Gasteiger charge is -2.07. The molecule has 0 amide bonds. The Balaban J connectivity index is 2.70. The summed E-state index contributed by atoms with van der Waals surface area (Å²) in [5, 5.41) is 0. The molecular weight excluding hydrogens is 235 g/mol. The van der Waals surface area contributed by atoms with Crippen LogP contribution in [0, 0.1) is 0 Å². The summed E-state index contributed by atoms with van der Waals surface area (Å²) >= 11 is 0. The Morgan fingerprint density at radius 2 is 1.89 bits per heavy atom. The molecule has 1 aromatic rings. The highest BCUT2D eigenvalue weighted by Gasteiger charge is 2.26. The van der Waals surface area contributed by atoms with E-state index < -0.39 is 17.7 Å². The molecule has 98 valence electrons. The minimum atomic E-state index is -2.05. The summed E-state index contributed by atoms with van der Waals surface area (Å²) in [6, 6.07) is 6.05. The van der Waals surface area contributed by atoms with Crippen LogP contribution in [0.1, 0.15) is 36.5 Å². The number of benzene rings is 1. The maximum absolute atomic E-state index is 13.7. The second-order valence-corrected chi connectivity index (χ2v) is 4.03. The van der Waals surface area contributed by atoms with Crippen molar-refractivity contribution in [3.05, 3.63) is 29.8 Å². The highest BCUT2D eigenvalue weighted by molar-refractivity contribution is 6.13. The monoisotopic (exact) mass is 252 g/mol. The number of unbranched alkanes of at least 4 members (excludes halogenated alkanes) is 1. The van der Waals surface area contributed by atoms with E-state index >= 15 is 0 Å². The molecule has 0 aliphatic rings. The molecule has 0 aromatic heterocycles. The summed E-state index contributed by atoms with van der Waals surface area (Å²) in [7, 11) is 1.50. The van der Waals surface area contributed by atoms with Gasteiger partial charge in [0.15, 0.2) is 5.78 Å². The van der Waals surface area contributed by atoms with E-state index in [1.54, 1.807) is 12.1 Å². The number of ether oxygens (including phenoxy) is 1. The SMILES string of the molecule is CCCCC(=O)C(F)C(=O)c1ccc(OC)cc1. The first kappa shape index (κ1) is 14.4. The molecule has 1 aromatic carbocycles. The van der Waals surface area contributed by atoms with Crippen molar-refractivity contribution < 1.29 is 18.7 Å². The summed E-state index contributed by atoms with van der Waals surface area (Å²) < 4.78 is 18.6. The summed E-state index contributed by atoms with van der Waals surface area (Å²) in [5.41, 5.74) is 0.188. The average Bonchev–Trinajstić information content (AvgIpc) is 2.43. The Morgan fingerprint density at radius 3 is 2.39 bits per heavy atom. The van der Waals surface area contributed by atoms with Gasteiger partial charge in [-0.05, 0) is 30.7 Å². The lowest BCUT2D eigenvalue weighted by Crippen LogP contribution is -2.25. The van der Waals surface area contributed by atoms with E-state index in [1.807, 2.05) is 6.92 Å². The molecule has 0 saturated heterocycles. The van der Waals surface area contributed by atoms with Crippen LogP contribution in [0.2, 0.25) is 0 Å². The van der Waals surface area contributed by atoms with Gasteiger partial charge in [0, 0.05) is 12.0 Å². The predicted molar refractivity (Wildman–Crippen MR) is 66.8 cm³/mol. The number of halogens is 1. The maximum Gasteiger partial charge on any atom is 0.220 e. The van der Waals surface area contributed by atoms with Crippen molar-refractivity contribution in [2.24, 2.45) is 0 Å². The first-order valence-corrected chi connectivity index (χ1v) is 5.95. The van der Waals surface area contributed by atoms with Crippen molar-refractivity contribution in [2.75, 3.05) is 7.11 Å². The molecule has 0 radical (unpaired) electrons. The molecule has 4 heteroatoms. The highest BCUT2D eigenvalue weighted by Crippen LogP contribution is 2.15. The molecule has 1 atom stereocenters. The smallest absolute Gasteiger partial charge is 0.220 e. The van der Waals surface area contributed by atoms with Gasteiger partial charge in [0.05, 0.1) is 7.11 Å². The van der Waals surface area contributed by atoms with Crippen molar-refractivity contribution in [1.82, 2.24) is 0 Å². The third-order valence-corrected chi connectivity index (χ3v) is 2.66. The molecule has 0 saturated carbocycles. The molecule has 0 aliphatic heterocycles. The zero-order chi connectivity index (χ0) is 13.5. The van der Waals surface area contributed by atoms with Gasteiger partial charge in [-0.1, -0.05) is 13.3 Å². The van der Waals surface area contributed by atoms with E-state index in [9.17, 15) is 14.0 Å². The number of methoxy groups -OCH3 is 1. The van der Waals surface area contributed by atoms with Crippen molar-refractivity contribution in [3.8, 4) is 5.75 Å². The van der Waals surface area contributed by atoms with Crippen LogP contribution in [0.15, 0.2) is 24.3 Å². The number of carbonyl (C=O) groups excluding carboxylic acids is 2. The van der Waals surface area contributed by atoms with E-state index in [-0.39, 0.29) is 12.0 Å². The quantitative estimate of drug-likeness (QED) is 0.553. The van der Waals surface area contributed by atoms with E-state index in [0.717, 1.165) is 6.42 Å². The van der Waals surface area contributed by atoms with Gasteiger partial charge >= 0.3 is 0 Å². The number of hydrogen-bond acceptors (Lipinski definition) is 3. The van der Waals surface area contributed by atoms with Crippen LogP contribution >= 0.6 is 0 Å². The number of rotatable bonds is 7. The van der Waals surface area contributed by atoms with Crippen LogP contribution in [-0.4, -0.2) is 24.8 Å².